The number of nitro groups is 1. The third kappa shape index (κ3) is 5.54. The van der Waals surface area contributed by atoms with Crippen LogP contribution >= 0.6 is 0 Å². The van der Waals surface area contributed by atoms with Crippen molar-refractivity contribution in [1.82, 2.24) is 4.57 Å². The molecule has 0 aliphatic rings. The Balaban J connectivity index is 1.81. The van der Waals surface area contributed by atoms with Crippen molar-refractivity contribution in [3.63, 3.8) is 0 Å². The third-order valence-corrected chi connectivity index (χ3v) is 5.79. The molecule has 5 nitrogen and oxygen atoms in total. The molecule has 0 aliphatic carbocycles. The molecule has 0 saturated carbocycles. The molecule has 1 aromatic heterocycles. The second kappa shape index (κ2) is 9.67. The Labute approximate surface area is 176 Å². The molecule has 3 aromatic rings. The number of nitrogens with one attached hydrogen (secondary N) is 1. The third-order valence-electron chi connectivity index (χ3n) is 5.79. The molecule has 1 heterocycles. The molecule has 1 unspecified atom stereocenters. The van der Waals surface area contributed by atoms with Crippen LogP contribution in [0.4, 0.5) is 10.1 Å². The summed E-state index contributed by atoms with van der Waals surface area (Å²) >= 11 is 0. The number of non-ortho nitro benzene ring substituents is 1. The number of rotatable bonds is 9. The molecule has 30 heavy (non-hydrogen) atoms. The van der Waals surface area contributed by atoms with Crippen LogP contribution in [0.15, 0.2) is 66.9 Å². The standard InChI is InChI=1S/C24H28FN3O2/c1-18(2)19(3)27(16-21-6-4-7-23(14-21)28(29)30)17-24-8-5-13-26(24)15-20-9-11-22(25)12-10-20/h4-14,18-19H,15-17H2,1-3H3/p+1/t19-/m0/s1. The van der Waals surface area contributed by atoms with Crippen molar-refractivity contribution in [1.29, 1.82) is 0 Å². The highest BCUT2D eigenvalue weighted by molar-refractivity contribution is 5.33. The maximum atomic E-state index is 13.2. The molecular weight excluding hydrogens is 381 g/mol. The lowest BCUT2D eigenvalue weighted by Gasteiger charge is -2.29. The maximum absolute atomic E-state index is 13.2. The zero-order valence-electron chi connectivity index (χ0n) is 17.7. The first-order valence-corrected chi connectivity index (χ1v) is 10.3. The van der Waals surface area contributed by atoms with E-state index in [0.29, 0.717) is 25.0 Å². The van der Waals surface area contributed by atoms with Crippen molar-refractivity contribution in [2.45, 2.75) is 46.4 Å². The van der Waals surface area contributed by atoms with Gasteiger partial charge in [0.15, 0.2) is 0 Å². The van der Waals surface area contributed by atoms with E-state index in [0.717, 1.165) is 17.7 Å². The zero-order valence-corrected chi connectivity index (χ0v) is 17.7. The van der Waals surface area contributed by atoms with Gasteiger partial charge in [-0.2, -0.15) is 0 Å². The monoisotopic (exact) mass is 410 g/mol. The number of nitrogens with zero attached hydrogens (tertiary/aromatic N) is 2. The van der Waals surface area contributed by atoms with Gasteiger partial charge in [0.25, 0.3) is 5.69 Å². The maximum Gasteiger partial charge on any atom is 0.269 e. The van der Waals surface area contributed by atoms with E-state index in [-0.39, 0.29) is 16.4 Å². The number of benzene rings is 2. The molecule has 2 atom stereocenters. The first-order chi connectivity index (χ1) is 14.3. The number of halogens is 1. The van der Waals surface area contributed by atoms with Crippen LogP contribution in [0.2, 0.25) is 0 Å². The fourth-order valence-electron chi connectivity index (χ4n) is 3.68. The molecule has 0 amide bonds. The second-order valence-corrected chi connectivity index (χ2v) is 8.23. The average molecular weight is 411 g/mol. The van der Waals surface area contributed by atoms with E-state index in [4.69, 9.17) is 0 Å². The average Bonchev–Trinajstić information content (AvgIpc) is 3.15. The van der Waals surface area contributed by atoms with Crippen molar-refractivity contribution in [2.75, 3.05) is 0 Å². The van der Waals surface area contributed by atoms with Gasteiger partial charge in [-0.15, -0.1) is 0 Å². The Kier molecular flexibility index (Phi) is 7.00. The van der Waals surface area contributed by atoms with Crippen LogP contribution in [0, 0.1) is 21.8 Å². The summed E-state index contributed by atoms with van der Waals surface area (Å²) in [7, 11) is 0. The topological polar surface area (TPSA) is 52.5 Å². The predicted octanol–water partition coefficient (Wildman–Crippen LogP) is 4.21. The lowest BCUT2D eigenvalue weighted by atomic mass is 10.0. The summed E-state index contributed by atoms with van der Waals surface area (Å²) in [6.45, 7) is 8.83. The minimum Gasteiger partial charge on any atom is -0.342 e. The molecule has 0 fully saturated rings. The molecule has 158 valence electrons. The normalized spacial score (nSPS) is 13.4. The van der Waals surface area contributed by atoms with Crippen LogP contribution in [0.5, 0.6) is 0 Å². The molecule has 0 aliphatic heterocycles. The number of hydrogen-bond donors (Lipinski definition) is 1. The summed E-state index contributed by atoms with van der Waals surface area (Å²) < 4.78 is 15.4. The number of quaternary nitrogens is 1. The highest BCUT2D eigenvalue weighted by Crippen LogP contribution is 2.13. The first kappa shape index (κ1) is 21.7. The molecule has 0 bridgehead atoms. The molecule has 0 spiro atoms. The molecule has 6 heteroatoms. The van der Waals surface area contributed by atoms with Crippen LogP contribution in [0.1, 0.15) is 37.6 Å². The van der Waals surface area contributed by atoms with Gasteiger partial charge in [-0.05, 0) is 36.8 Å². The number of nitro benzene ring substituents is 1. The van der Waals surface area contributed by atoms with E-state index in [2.05, 4.69) is 31.4 Å². The molecular formula is C24H29FN3O2+. The number of hydrogen-bond acceptors (Lipinski definition) is 2. The summed E-state index contributed by atoms with van der Waals surface area (Å²) in [6.07, 6.45) is 2.05. The number of aromatic nitrogens is 1. The lowest BCUT2D eigenvalue weighted by Crippen LogP contribution is -3.13. The van der Waals surface area contributed by atoms with Gasteiger partial charge in [0.2, 0.25) is 0 Å². The van der Waals surface area contributed by atoms with Gasteiger partial charge in [-0.1, -0.05) is 38.1 Å². The Morgan fingerprint density at radius 3 is 2.40 bits per heavy atom. The highest BCUT2D eigenvalue weighted by atomic mass is 19.1. The van der Waals surface area contributed by atoms with Crippen LogP contribution in [0.25, 0.3) is 0 Å². The largest absolute Gasteiger partial charge is 0.342 e. The Hall–Kier alpha value is -2.99. The van der Waals surface area contributed by atoms with Gasteiger partial charge in [0.05, 0.1) is 16.7 Å². The molecule has 1 N–H and O–H groups in total. The van der Waals surface area contributed by atoms with Gasteiger partial charge in [-0.25, -0.2) is 4.39 Å². The van der Waals surface area contributed by atoms with Crippen LogP contribution < -0.4 is 4.90 Å². The van der Waals surface area contributed by atoms with E-state index in [1.807, 2.05) is 30.5 Å². The predicted molar refractivity (Wildman–Crippen MR) is 116 cm³/mol. The summed E-state index contributed by atoms with van der Waals surface area (Å²) in [5.41, 5.74) is 3.32. The molecule has 2 aromatic carbocycles. The van der Waals surface area contributed by atoms with Crippen molar-refractivity contribution < 1.29 is 14.2 Å². The summed E-state index contributed by atoms with van der Waals surface area (Å²) in [6, 6.07) is 18.0. The second-order valence-electron chi connectivity index (χ2n) is 8.23. The van der Waals surface area contributed by atoms with Crippen LogP contribution in [-0.4, -0.2) is 15.5 Å². The van der Waals surface area contributed by atoms with Gasteiger partial charge < -0.3 is 9.47 Å². The van der Waals surface area contributed by atoms with E-state index >= 15 is 0 Å². The van der Waals surface area contributed by atoms with E-state index < -0.39 is 0 Å². The lowest BCUT2D eigenvalue weighted by molar-refractivity contribution is -0.954. The zero-order chi connectivity index (χ0) is 21.7. The minimum absolute atomic E-state index is 0.128. The van der Waals surface area contributed by atoms with Crippen LogP contribution in [0.3, 0.4) is 0 Å². The molecule has 3 rings (SSSR count). The SMILES string of the molecule is CC(C)[C@H](C)[NH+](Cc1cccc([N+](=O)[O-])c1)Cc1cccn1Cc1ccc(F)cc1. The summed E-state index contributed by atoms with van der Waals surface area (Å²) in [5.74, 6) is 0.240. The van der Waals surface area contributed by atoms with Crippen molar-refractivity contribution in [2.24, 2.45) is 5.92 Å². The minimum atomic E-state index is -0.344. The van der Waals surface area contributed by atoms with Gasteiger partial charge >= 0.3 is 0 Å². The highest BCUT2D eigenvalue weighted by Gasteiger charge is 2.23. The van der Waals surface area contributed by atoms with E-state index in [1.165, 1.54) is 28.8 Å². The fraction of sp³-hybridized carbons (Fsp3) is 0.333. The molecule has 0 saturated heterocycles. The van der Waals surface area contributed by atoms with Crippen molar-refractivity contribution >= 4 is 5.69 Å². The van der Waals surface area contributed by atoms with Gasteiger partial charge in [-0.3, -0.25) is 10.1 Å². The first-order valence-electron chi connectivity index (χ1n) is 10.3. The Morgan fingerprint density at radius 2 is 1.73 bits per heavy atom. The van der Waals surface area contributed by atoms with Gasteiger partial charge in [0, 0.05) is 36.4 Å². The quantitative estimate of drug-likeness (QED) is 0.424. The Bertz CT molecular complexity index is 982. The van der Waals surface area contributed by atoms with E-state index in [9.17, 15) is 14.5 Å². The van der Waals surface area contributed by atoms with Crippen LogP contribution in [-0.2, 0) is 19.6 Å². The smallest absolute Gasteiger partial charge is 0.269 e. The van der Waals surface area contributed by atoms with Gasteiger partial charge in [0.1, 0.15) is 18.9 Å². The summed E-state index contributed by atoms with van der Waals surface area (Å²) in [4.78, 5) is 12.2. The Morgan fingerprint density at radius 1 is 1.00 bits per heavy atom. The summed E-state index contributed by atoms with van der Waals surface area (Å²) in [5, 5.41) is 11.1. The van der Waals surface area contributed by atoms with Crippen molar-refractivity contribution in [3.8, 4) is 0 Å². The molecule has 0 radical (unpaired) electrons. The van der Waals surface area contributed by atoms with Crippen molar-refractivity contribution in [3.05, 3.63) is 99.6 Å². The fourth-order valence-corrected chi connectivity index (χ4v) is 3.68. The van der Waals surface area contributed by atoms with E-state index in [1.54, 1.807) is 12.1 Å².